The maximum atomic E-state index is 12.0. The van der Waals surface area contributed by atoms with Gasteiger partial charge in [-0.2, -0.15) is 0 Å². The Morgan fingerprint density at radius 2 is 2.11 bits per heavy atom. The second kappa shape index (κ2) is 5.99. The zero-order valence-corrected chi connectivity index (χ0v) is 12.4. The molecule has 0 bridgehead atoms. The summed E-state index contributed by atoms with van der Waals surface area (Å²) in [6.07, 6.45) is 3.76. The number of carbonyl (C=O) groups is 2. The fourth-order valence-electron chi connectivity index (χ4n) is 1.48. The molecule has 2 N–H and O–H groups in total. The van der Waals surface area contributed by atoms with Gasteiger partial charge in [-0.25, -0.2) is 4.79 Å². The van der Waals surface area contributed by atoms with Gasteiger partial charge in [0.15, 0.2) is 0 Å². The Kier molecular flexibility index (Phi) is 5.13. The molecular weight excluding hydrogens is 297 g/mol. The van der Waals surface area contributed by atoms with Crippen molar-refractivity contribution in [3.63, 3.8) is 0 Å². The molecular formula is C11H15Cl2NO3S. The largest absolute Gasteiger partial charge is 0.480 e. The van der Waals surface area contributed by atoms with Crippen LogP contribution in [0.5, 0.6) is 0 Å². The SMILES string of the molecule is CCC(C)[C@H](NC(=O)C1=CC=CS1(Cl)Cl)C(=O)O. The van der Waals surface area contributed by atoms with Crippen LogP contribution in [0.25, 0.3) is 0 Å². The van der Waals surface area contributed by atoms with Gasteiger partial charge >= 0.3 is 5.97 Å². The number of hydrogen-bond donors (Lipinski definition) is 2. The lowest BCUT2D eigenvalue weighted by Crippen LogP contribution is -2.45. The van der Waals surface area contributed by atoms with E-state index in [0.29, 0.717) is 6.42 Å². The first-order valence-electron chi connectivity index (χ1n) is 5.44. The third-order valence-corrected chi connectivity index (χ3v) is 5.80. The molecule has 1 heterocycles. The predicted octanol–water partition coefficient (Wildman–Crippen LogP) is 3.13. The lowest BCUT2D eigenvalue weighted by Gasteiger charge is -2.24. The highest BCUT2D eigenvalue weighted by Crippen LogP contribution is 2.68. The second-order valence-corrected chi connectivity index (χ2v) is 9.17. The van der Waals surface area contributed by atoms with Gasteiger partial charge in [0.05, 0.1) is 4.91 Å². The van der Waals surface area contributed by atoms with Crippen LogP contribution in [0.3, 0.4) is 0 Å². The number of halogens is 2. The van der Waals surface area contributed by atoms with Gasteiger partial charge in [-0.3, -0.25) is 4.79 Å². The van der Waals surface area contributed by atoms with Gasteiger partial charge in [-0.1, -0.05) is 26.3 Å². The Bertz CT molecular complexity index is 421. The van der Waals surface area contributed by atoms with E-state index in [1.54, 1.807) is 18.4 Å². The van der Waals surface area contributed by atoms with E-state index in [4.69, 9.17) is 26.5 Å². The van der Waals surface area contributed by atoms with Crippen molar-refractivity contribution < 1.29 is 14.7 Å². The number of carbonyl (C=O) groups excluding carboxylic acids is 1. The standard InChI is InChI=1S/C11H15Cl2NO3S/c1-3-7(2)9(11(16)17)14-10(15)8-5-4-6-18(8,12)13/h4-7,9H,3H2,1-2H3,(H,14,15)(H,16,17)/t7?,9-/m0/s1. The van der Waals surface area contributed by atoms with Crippen molar-refractivity contribution in [1.29, 1.82) is 0 Å². The number of nitrogens with one attached hydrogen (secondary N) is 1. The normalized spacial score (nSPS) is 21.9. The topological polar surface area (TPSA) is 66.4 Å². The molecule has 7 heteroatoms. The van der Waals surface area contributed by atoms with Gasteiger partial charge in [-0.15, -0.1) is 0 Å². The van der Waals surface area contributed by atoms with Crippen LogP contribution in [-0.4, -0.2) is 23.0 Å². The Labute approximate surface area is 116 Å². The van der Waals surface area contributed by atoms with Crippen molar-refractivity contribution in [3.05, 3.63) is 22.5 Å². The first-order chi connectivity index (χ1) is 8.29. The summed E-state index contributed by atoms with van der Waals surface area (Å²) in [7, 11) is 9.71. The van der Waals surface area contributed by atoms with Gasteiger partial charge in [0, 0.05) is 0 Å². The lowest BCUT2D eigenvalue weighted by atomic mass is 9.99. The minimum Gasteiger partial charge on any atom is -0.480 e. The van der Waals surface area contributed by atoms with E-state index < -0.39 is 26.4 Å². The molecule has 0 radical (unpaired) electrons. The van der Waals surface area contributed by atoms with Crippen LogP contribution < -0.4 is 5.32 Å². The maximum absolute atomic E-state index is 12.0. The third-order valence-electron chi connectivity index (χ3n) is 2.78. The van der Waals surface area contributed by atoms with E-state index in [2.05, 4.69) is 5.32 Å². The van der Waals surface area contributed by atoms with Crippen LogP contribution in [0.2, 0.25) is 0 Å². The number of carboxylic acid groups (broad SMARTS) is 1. The molecule has 0 saturated carbocycles. The fourth-order valence-corrected chi connectivity index (χ4v) is 3.56. The molecule has 0 aromatic carbocycles. The van der Waals surface area contributed by atoms with E-state index in [1.807, 2.05) is 6.92 Å². The minimum absolute atomic E-state index is 0.170. The lowest BCUT2D eigenvalue weighted by molar-refractivity contribution is -0.142. The van der Waals surface area contributed by atoms with Gasteiger partial charge in [-0.05, 0) is 47.2 Å². The van der Waals surface area contributed by atoms with Crippen LogP contribution in [0.1, 0.15) is 20.3 Å². The van der Waals surface area contributed by atoms with E-state index in [9.17, 15) is 9.59 Å². The number of rotatable bonds is 5. The number of carboxylic acids is 1. The Balaban J connectivity index is 2.78. The van der Waals surface area contributed by atoms with Crippen LogP contribution in [0, 0.1) is 5.92 Å². The molecule has 1 aliphatic rings. The van der Waals surface area contributed by atoms with Crippen molar-refractivity contribution in [3.8, 4) is 0 Å². The minimum atomic E-state index is -2.27. The van der Waals surface area contributed by atoms with Gasteiger partial charge in [0.2, 0.25) is 0 Å². The molecule has 1 aliphatic heterocycles. The van der Waals surface area contributed by atoms with Crippen LogP contribution in [0.4, 0.5) is 0 Å². The van der Waals surface area contributed by atoms with E-state index in [1.165, 1.54) is 6.08 Å². The molecule has 0 aliphatic carbocycles. The van der Waals surface area contributed by atoms with Crippen molar-refractivity contribution in [2.75, 3.05) is 0 Å². The summed E-state index contributed by atoms with van der Waals surface area (Å²) in [6.45, 7) is 3.63. The predicted molar refractivity (Wildman–Crippen MR) is 75.5 cm³/mol. The monoisotopic (exact) mass is 311 g/mol. The van der Waals surface area contributed by atoms with E-state index in [0.717, 1.165) is 0 Å². The van der Waals surface area contributed by atoms with Crippen molar-refractivity contribution in [1.82, 2.24) is 5.32 Å². The third kappa shape index (κ3) is 3.43. The van der Waals surface area contributed by atoms with E-state index in [-0.39, 0.29) is 10.8 Å². The second-order valence-electron chi connectivity index (χ2n) is 4.04. The van der Waals surface area contributed by atoms with Crippen molar-refractivity contribution >= 4 is 41.7 Å². The molecule has 1 amide bonds. The van der Waals surface area contributed by atoms with E-state index >= 15 is 0 Å². The molecule has 18 heavy (non-hydrogen) atoms. The number of hydrogen-bond acceptors (Lipinski definition) is 2. The quantitative estimate of drug-likeness (QED) is 0.819. The Morgan fingerprint density at radius 1 is 1.50 bits per heavy atom. The summed E-state index contributed by atoms with van der Waals surface area (Å²) < 4.78 is 0. The summed E-state index contributed by atoms with van der Waals surface area (Å²) >= 11 is 0. The number of aliphatic carboxylic acids is 1. The Hall–Kier alpha value is -0.650. The number of allylic oxidation sites excluding steroid dienone is 2. The molecule has 0 aromatic rings. The maximum Gasteiger partial charge on any atom is 0.326 e. The molecule has 1 unspecified atom stereocenters. The average molecular weight is 312 g/mol. The highest BCUT2D eigenvalue weighted by molar-refractivity contribution is 8.70. The molecule has 0 saturated heterocycles. The summed E-state index contributed by atoms with van der Waals surface area (Å²) in [5, 5.41) is 13.1. The molecule has 0 aromatic heterocycles. The van der Waals surface area contributed by atoms with Gasteiger partial charge in [0.25, 0.3) is 5.91 Å². The van der Waals surface area contributed by atoms with Gasteiger partial charge < -0.3 is 10.4 Å². The molecule has 0 spiro atoms. The first-order valence-corrected chi connectivity index (χ1v) is 8.79. The molecule has 2 atom stereocenters. The molecule has 1 rings (SSSR count). The van der Waals surface area contributed by atoms with Crippen LogP contribution >= 0.6 is 29.8 Å². The summed E-state index contributed by atoms with van der Waals surface area (Å²) in [5.41, 5.74) is 0. The molecule has 0 fully saturated rings. The average Bonchev–Trinajstić information content (AvgIpc) is 2.64. The highest BCUT2D eigenvalue weighted by atomic mass is 36.0. The number of amides is 1. The Morgan fingerprint density at radius 3 is 2.50 bits per heavy atom. The summed E-state index contributed by atoms with van der Waals surface area (Å²) in [4.78, 5) is 23.3. The molecule has 102 valence electrons. The molecule has 4 nitrogen and oxygen atoms in total. The fraction of sp³-hybridized carbons (Fsp3) is 0.455. The smallest absolute Gasteiger partial charge is 0.326 e. The first kappa shape index (κ1) is 15.4. The highest BCUT2D eigenvalue weighted by Gasteiger charge is 2.33. The zero-order chi connectivity index (χ0) is 13.9. The van der Waals surface area contributed by atoms with Crippen LogP contribution in [-0.2, 0) is 9.59 Å². The van der Waals surface area contributed by atoms with Gasteiger partial charge in [0.1, 0.15) is 6.04 Å². The van der Waals surface area contributed by atoms with Crippen molar-refractivity contribution in [2.24, 2.45) is 5.92 Å². The van der Waals surface area contributed by atoms with Crippen molar-refractivity contribution in [2.45, 2.75) is 26.3 Å². The summed E-state index contributed by atoms with van der Waals surface area (Å²) in [5.74, 6) is -1.75. The zero-order valence-electron chi connectivity index (χ0n) is 10.0. The van der Waals surface area contributed by atoms with Crippen LogP contribution in [0.15, 0.2) is 22.5 Å². The summed E-state index contributed by atoms with van der Waals surface area (Å²) in [6, 6.07) is -0.937.